The smallest absolute Gasteiger partial charge is 0.312 e. The predicted octanol–water partition coefficient (Wildman–Crippen LogP) is 6.44. The molecule has 28 heteroatoms. The number of amides is 8. The molecule has 11 N–H and O–H groups in total. The molecule has 5 aromatic rings. The molecule has 5 heterocycles. The van der Waals surface area contributed by atoms with Crippen LogP contribution in [0.15, 0.2) is 98.7 Å². The number of esters is 1. The Balaban J connectivity index is 0.965. The Labute approximate surface area is 594 Å². The summed E-state index contributed by atoms with van der Waals surface area (Å²) in [7, 11) is 1.42. The fourth-order valence-electron chi connectivity index (χ4n) is 13.8. The molecule has 11 atom stereocenters. The largest absolute Gasteiger partial charge is 0.507 e. The zero-order valence-corrected chi connectivity index (χ0v) is 59.8. The Morgan fingerprint density at radius 2 is 1.53 bits per heavy atom. The highest BCUT2D eigenvalue weighted by molar-refractivity contribution is 6.17. The number of primary amides is 1. The topological polar surface area (TPSA) is 407 Å². The molecule has 0 aliphatic carbocycles. The van der Waals surface area contributed by atoms with Gasteiger partial charge in [0.05, 0.1) is 35.2 Å². The van der Waals surface area contributed by atoms with E-state index in [4.69, 9.17) is 34.1 Å². The van der Waals surface area contributed by atoms with Gasteiger partial charge in [0.2, 0.25) is 28.6 Å². The maximum Gasteiger partial charge on any atom is 0.312 e. The van der Waals surface area contributed by atoms with Crippen molar-refractivity contribution < 1.29 is 82.1 Å². The molecule has 552 valence electrons. The Hall–Kier alpha value is -10.2. The molecular formula is C75H93N9O19. The number of nitrogens with two attached hydrogens (primary N) is 1. The van der Waals surface area contributed by atoms with Crippen LogP contribution in [0, 0.1) is 36.5 Å². The van der Waals surface area contributed by atoms with Crippen LogP contribution in [0.1, 0.15) is 131 Å². The van der Waals surface area contributed by atoms with E-state index < -0.39 is 129 Å². The van der Waals surface area contributed by atoms with Crippen LogP contribution < -0.4 is 58.0 Å². The van der Waals surface area contributed by atoms with E-state index in [1.807, 2.05) is 17.0 Å². The number of phenols is 1. The molecule has 103 heavy (non-hydrogen) atoms. The van der Waals surface area contributed by atoms with Gasteiger partial charge in [0.1, 0.15) is 40.9 Å². The molecule has 28 nitrogen and oxygen atoms in total. The van der Waals surface area contributed by atoms with Gasteiger partial charge in [-0.3, -0.25) is 48.1 Å². The maximum absolute atomic E-state index is 15.2. The summed E-state index contributed by atoms with van der Waals surface area (Å²) in [5.41, 5.74) is 4.48. The lowest BCUT2D eigenvalue weighted by Crippen LogP contribution is -2.54. The van der Waals surface area contributed by atoms with Crippen LogP contribution >= 0.6 is 0 Å². The lowest BCUT2D eigenvalue weighted by Gasteiger charge is -2.38. The molecule has 0 radical (unpaired) electrons. The SMILES string of the molecule is CO[C@H]1/C=C/O[C@@]2(C)Oc3c(C)c(O)c4c(=O)c(c5oc6cc(N7CCC(c8ccc(NC(=O)[C@H](CCCNC(N)=O)NC(=O)[C@@H](NC(=O)CCCCCN9C(=O)C=CC9=O)C(C)C)cc8)CC7)cc(=O)c6nc5c4c3=C2O)NC(=O)/C(C)=C\C=C\[C@H](C)[C@H](O)[C@@H](C)[C@@H](O)[C@@H](C)[C@H](OC(C)=O)[C@@H]1C. The summed E-state index contributed by atoms with van der Waals surface area (Å²) in [5.74, 6) is -10.1. The average Bonchev–Trinajstić information content (AvgIpc) is 1.67. The highest BCUT2D eigenvalue weighted by Gasteiger charge is 2.45. The monoisotopic (exact) mass is 1420 g/mol. The first-order valence-electron chi connectivity index (χ1n) is 34.8. The summed E-state index contributed by atoms with van der Waals surface area (Å²) in [6, 6.07) is 7.46. The maximum atomic E-state index is 15.2. The molecule has 4 bridgehead atoms. The first-order chi connectivity index (χ1) is 48.8. The second-order valence-electron chi connectivity index (χ2n) is 27.7. The van der Waals surface area contributed by atoms with E-state index >= 15 is 4.79 Å². The van der Waals surface area contributed by atoms with Crippen LogP contribution in [-0.2, 0) is 47.8 Å². The molecule has 1 aromatic heterocycles. The Morgan fingerprint density at radius 1 is 0.845 bits per heavy atom. The molecule has 4 aromatic carbocycles. The first-order valence-corrected chi connectivity index (χ1v) is 34.8. The molecule has 4 aliphatic heterocycles. The second-order valence-corrected chi connectivity index (χ2v) is 27.7. The van der Waals surface area contributed by atoms with Gasteiger partial charge >= 0.3 is 17.8 Å². The van der Waals surface area contributed by atoms with Gasteiger partial charge in [-0.15, -0.1) is 0 Å². The zero-order valence-electron chi connectivity index (χ0n) is 59.8. The number of nitrogens with one attached hydrogen (secondary N) is 5. The van der Waals surface area contributed by atoms with Crippen LogP contribution in [-0.4, -0.2) is 153 Å². The van der Waals surface area contributed by atoms with E-state index in [-0.39, 0.29) is 112 Å². The number of urea groups is 1. The molecule has 4 aliphatic rings. The molecular weight excluding hydrogens is 1330 g/mol. The molecule has 8 amide bonds. The first kappa shape index (κ1) is 77.0. The lowest BCUT2D eigenvalue weighted by atomic mass is 9.78. The third-order valence-electron chi connectivity index (χ3n) is 20.0. The fourth-order valence-corrected chi connectivity index (χ4v) is 13.8. The van der Waals surface area contributed by atoms with Crippen LogP contribution in [0.5, 0.6) is 11.5 Å². The summed E-state index contributed by atoms with van der Waals surface area (Å²) < 4.78 is 30.8. The number of aliphatic hydroxyl groups excluding tert-OH is 3. The molecule has 1 saturated heterocycles. The number of hydrogen-bond acceptors (Lipinski definition) is 21. The fraction of sp³-hybridized carbons (Fsp3) is 0.480. The number of piperidine rings is 1. The number of imide groups is 1. The number of anilines is 3. The molecule has 0 spiro atoms. The van der Waals surface area contributed by atoms with Crippen LogP contribution in [0.3, 0.4) is 0 Å². The number of hydrogen-bond donors (Lipinski definition) is 10. The summed E-state index contributed by atoms with van der Waals surface area (Å²) in [6.07, 6.45) is 8.84. The van der Waals surface area contributed by atoms with E-state index in [1.165, 1.54) is 71.4 Å². The van der Waals surface area contributed by atoms with Crippen molar-refractivity contribution in [3.63, 3.8) is 0 Å². The summed E-state index contributed by atoms with van der Waals surface area (Å²) in [6.45, 7) is 17.2. The number of aromatic nitrogens is 1. The minimum Gasteiger partial charge on any atom is -0.507 e. The van der Waals surface area contributed by atoms with Crippen molar-refractivity contribution in [1.82, 2.24) is 25.8 Å². The average molecular weight is 1420 g/mol. The molecule has 0 saturated carbocycles. The minimum atomic E-state index is -2.06. The summed E-state index contributed by atoms with van der Waals surface area (Å²) >= 11 is 0. The number of carbonyl (C=O) groups is 8. The van der Waals surface area contributed by atoms with Crippen molar-refractivity contribution in [3.05, 3.63) is 121 Å². The van der Waals surface area contributed by atoms with Gasteiger partial charge in [0.25, 0.3) is 17.7 Å². The number of ether oxygens (including phenoxy) is 4. The number of aromatic hydroxyl groups is 1. The van der Waals surface area contributed by atoms with Crippen LogP contribution in [0.4, 0.5) is 21.9 Å². The Bertz CT molecular complexity index is 4410. The molecule has 1 fully saturated rings. The van der Waals surface area contributed by atoms with Crippen LogP contribution in [0.2, 0.25) is 0 Å². The van der Waals surface area contributed by atoms with E-state index in [9.17, 15) is 63.6 Å². The predicted molar refractivity (Wildman–Crippen MR) is 384 cm³/mol. The second kappa shape index (κ2) is 32.9. The Morgan fingerprint density at radius 3 is 2.18 bits per heavy atom. The highest BCUT2D eigenvalue weighted by atomic mass is 16.7. The van der Waals surface area contributed by atoms with E-state index in [0.29, 0.717) is 56.6 Å². The van der Waals surface area contributed by atoms with Crippen molar-refractivity contribution >= 4 is 103 Å². The van der Waals surface area contributed by atoms with E-state index in [0.717, 1.165) is 10.5 Å². The minimum absolute atomic E-state index is 0.00287. The summed E-state index contributed by atoms with van der Waals surface area (Å²) in [5, 5.41) is 60.7. The third-order valence-corrected chi connectivity index (χ3v) is 20.0. The standard InChI is InChI=1S/C75H93N9O19/c1-37(2)59(80-53(87)20-13-12-14-31-84-54(88)25-26-55(84)89)73(97)79-49(19-16-30-77-74(76)98)72(96)78-47-23-21-45(22-24-47)46-27-32-83(33-28-46)48-35-50(86)60-52(36-48)102-69-61(81-60)56-57-65(92)43(8)68-58(56)70(94)75(10,103-68)100-34-29-51(99-11)40(5)67(101-44(9)85)42(7)64(91)41(6)63(90)38(3)17-15-18-39(4)71(95)82-62(69)66(57)93/h15,17-18,21-26,29,34-38,40-42,46,49,51,59,63-64,67,90-92,94H,12-14,16,19-20,27-28,30-33H2,1-11H3,(H,78,96)(H,79,97)(H,80,87)(H,82,95)(H3,76,77,98)/b17-15+,34-29+,39-18-/t38-,40+,41+,42+,49-,51-,59-,63-,64+,67+,75-/m0/s1. The number of carbonyl (C=O) groups excluding carboxylic acids is 8. The number of methoxy groups -OCH3 is 1. The zero-order chi connectivity index (χ0) is 75.0. The molecule has 9 rings (SSSR count). The van der Waals surface area contributed by atoms with E-state index in [1.54, 1.807) is 71.9 Å². The lowest BCUT2D eigenvalue weighted by molar-refractivity contribution is -0.160. The van der Waals surface area contributed by atoms with Gasteiger partial charge in [-0.2, -0.15) is 0 Å². The number of nitrogens with zero attached hydrogens (tertiary/aromatic N) is 3. The van der Waals surface area contributed by atoms with Crippen molar-refractivity contribution in [2.45, 2.75) is 169 Å². The van der Waals surface area contributed by atoms with Crippen molar-refractivity contribution in [2.24, 2.45) is 35.3 Å². The number of benzene rings is 4. The van der Waals surface area contributed by atoms with Gasteiger partial charge in [-0.25, -0.2) is 9.78 Å². The molecule has 0 unspecified atom stereocenters. The van der Waals surface area contributed by atoms with Crippen LogP contribution in [0.25, 0.3) is 38.7 Å². The van der Waals surface area contributed by atoms with Gasteiger partial charge in [0, 0.05) is 129 Å². The summed E-state index contributed by atoms with van der Waals surface area (Å²) in [4.78, 5) is 141. The normalized spacial score (nSPS) is 24.5. The van der Waals surface area contributed by atoms with Gasteiger partial charge in [-0.1, -0.05) is 78.3 Å². The van der Waals surface area contributed by atoms with Gasteiger partial charge in [0.15, 0.2) is 22.4 Å². The number of allylic oxidation sites excluding steroid dienone is 2. The van der Waals surface area contributed by atoms with Gasteiger partial charge < -0.3 is 81.0 Å². The van der Waals surface area contributed by atoms with Crippen molar-refractivity contribution in [3.8, 4) is 11.5 Å². The number of phenolic OH excluding ortho intramolecular Hbond substituents is 1. The Kier molecular flexibility index (Phi) is 24.6. The number of rotatable bonds is 20. The van der Waals surface area contributed by atoms with Crippen molar-refractivity contribution in [1.29, 1.82) is 0 Å². The number of aliphatic hydroxyl groups is 3. The van der Waals surface area contributed by atoms with Crippen molar-refractivity contribution in [2.75, 3.05) is 48.8 Å². The number of unbranched alkanes of at least 4 members (excludes halogenated alkanes) is 2. The van der Waals surface area contributed by atoms with E-state index in [2.05, 4.69) is 26.6 Å². The van der Waals surface area contributed by atoms with Gasteiger partial charge in [-0.05, 0) is 88.0 Å². The third kappa shape index (κ3) is 17.1. The quantitative estimate of drug-likeness (QED) is 0.0132. The highest BCUT2D eigenvalue weighted by Crippen LogP contribution is 2.43. The number of fused-ring (bicyclic) bond motifs is 2.